The van der Waals surface area contributed by atoms with Crippen LogP contribution in [0.1, 0.15) is 148 Å². The molecule has 0 aliphatic rings. The zero-order valence-corrected chi connectivity index (χ0v) is 20.1. The maximum absolute atomic E-state index is 8.73. The second kappa shape index (κ2) is 32.5. The number of aliphatic hydroxyl groups is 2. The summed E-state index contributed by atoms with van der Waals surface area (Å²) >= 11 is 0. The van der Waals surface area contributed by atoms with Crippen molar-refractivity contribution in [3.63, 3.8) is 0 Å². The predicted octanol–water partition coefficient (Wildman–Crippen LogP) is 7.52. The van der Waals surface area contributed by atoms with Gasteiger partial charge in [-0.15, -0.1) is 0 Å². The largest absolute Gasteiger partial charge is 0.397 e. The number of unbranched alkanes of at least 4 members (excludes halogenated alkanes) is 21. The van der Waals surface area contributed by atoms with Crippen molar-refractivity contribution in [1.29, 1.82) is 0 Å². The van der Waals surface area contributed by atoms with Crippen LogP contribution in [-0.2, 0) is 0 Å². The Morgan fingerprint density at radius 2 is 0.552 bits per heavy atom. The molecule has 0 saturated carbocycles. The summed E-state index contributed by atoms with van der Waals surface area (Å²) in [6, 6.07) is 0. The van der Waals surface area contributed by atoms with Crippen LogP contribution in [0.25, 0.3) is 0 Å². The molecular weight excluding hydrogens is 358 g/mol. The summed E-state index contributed by atoms with van der Waals surface area (Å²) in [7, 11) is 0. The minimum atomic E-state index is 0.250. The van der Waals surface area contributed by atoms with Gasteiger partial charge in [-0.1, -0.05) is 128 Å². The van der Waals surface area contributed by atoms with E-state index in [1.165, 1.54) is 135 Å². The third-order valence-corrected chi connectivity index (χ3v) is 5.61. The molecule has 0 fully saturated rings. The lowest BCUT2D eigenvalue weighted by molar-refractivity contribution is 0.282. The Balaban J connectivity index is 0. The number of hydrogen-bond acceptors (Lipinski definition) is 3. The van der Waals surface area contributed by atoms with Crippen LogP contribution in [0.5, 0.6) is 0 Å². The molecule has 0 atom stereocenters. The minimum absolute atomic E-state index is 0.250. The van der Waals surface area contributed by atoms with Crippen LogP contribution in [0.15, 0.2) is 0 Å². The lowest BCUT2D eigenvalue weighted by Crippen LogP contribution is -1.97. The van der Waals surface area contributed by atoms with Crippen LogP contribution >= 0.6 is 0 Å². The Kier molecular flexibility index (Phi) is 34.9. The standard InChI is InChI=1S/C24H51NO.C2H6O/c25-23-21-19-17-15-13-11-9-7-5-3-1-2-4-6-8-10-12-14-16-18-20-22-24-26;1-2-3/h26H,1-25H2;3H,2H2,1H3. The Hall–Kier alpha value is -0.120. The van der Waals surface area contributed by atoms with Gasteiger partial charge in [0, 0.05) is 13.2 Å². The third kappa shape index (κ3) is 35.7. The molecule has 0 aromatic carbocycles. The first-order chi connectivity index (χ1) is 14.3. The van der Waals surface area contributed by atoms with Gasteiger partial charge < -0.3 is 15.9 Å². The molecule has 29 heavy (non-hydrogen) atoms. The average molecular weight is 416 g/mol. The molecule has 3 heteroatoms. The maximum atomic E-state index is 8.73. The minimum Gasteiger partial charge on any atom is -0.397 e. The highest BCUT2D eigenvalue weighted by molar-refractivity contribution is 4.51. The van der Waals surface area contributed by atoms with E-state index >= 15 is 0 Å². The highest BCUT2D eigenvalue weighted by Gasteiger charge is 1.95. The molecule has 0 aromatic rings. The fourth-order valence-corrected chi connectivity index (χ4v) is 3.79. The van der Waals surface area contributed by atoms with Gasteiger partial charge in [0.1, 0.15) is 0 Å². The molecule has 0 aromatic heterocycles. The van der Waals surface area contributed by atoms with Crippen LogP contribution in [0, 0.1) is 0 Å². The lowest BCUT2D eigenvalue weighted by Gasteiger charge is -2.04. The van der Waals surface area contributed by atoms with Crippen molar-refractivity contribution in [1.82, 2.24) is 0 Å². The van der Waals surface area contributed by atoms with Crippen molar-refractivity contribution >= 4 is 0 Å². The third-order valence-electron chi connectivity index (χ3n) is 5.61. The van der Waals surface area contributed by atoms with Crippen molar-refractivity contribution in [2.75, 3.05) is 19.8 Å². The zero-order chi connectivity index (χ0) is 21.7. The van der Waals surface area contributed by atoms with E-state index in [1.807, 2.05) is 0 Å². The summed E-state index contributed by atoms with van der Waals surface area (Å²) < 4.78 is 0. The SMILES string of the molecule is CCO.NCCCCCCCCCCCCCCCCCCCCCCCCO. The molecule has 0 spiro atoms. The molecule has 4 N–H and O–H groups in total. The van der Waals surface area contributed by atoms with Crippen molar-refractivity contribution in [3.8, 4) is 0 Å². The molecule has 0 unspecified atom stereocenters. The van der Waals surface area contributed by atoms with Gasteiger partial charge in [-0.3, -0.25) is 0 Å². The van der Waals surface area contributed by atoms with E-state index < -0.39 is 0 Å². The van der Waals surface area contributed by atoms with Gasteiger partial charge in [0.05, 0.1) is 0 Å². The van der Waals surface area contributed by atoms with Crippen LogP contribution in [0.4, 0.5) is 0 Å². The van der Waals surface area contributed by atoms with Gasteiger partial charge in [0.25, 0.3) is 0 Å². The highest BCUT2D eigenvalue weighted by atomic mass is 16.3. The molecule has 0 radical (unpaired) electrons. The highest BCUT2D eigenvalue weighted by Crippen LogP contribution is 2.15. The van der Waals surface area contributed by atoms with E-state index in [2.05, 4.69) is 0 Å². The van der Waals surface area contributed by atoms with Crippen LogP contribution in [-0.4, -0.2) is 30.0 Å². The van der Waals surface area contributed by atoms with Crippen LogP contribution in [0.3, 0.4) is 0 Å². The van der Waals surface area contributed by atoms with E-state index in [-0.39, 0.29) is 6.61 Å². The van der Waals surface area contributed by atoms with Gasteiger partial charge in [0.15, 0.2) is 0 Å². The van der Waals surface area contributed by atoms with Crippen molar-refractivity contribution < 1.29 is 10.2 Å². The number of hydrogen-bond donors (Lipinski definition) is 3. The average Bonchev–Trinajstić information content (AvgIpc) is 2.72. The second-order valence-electron chi connectivity index (χ2n) is 8.61. The fraction of sp³-hybridized carbons (Fsp3) is 1.00. The van der Waals surface area contributed by atoms with Gasteiger partial charge in [-0.05, 0) is 26.3 Å². The normalized spacial score (nSPS) is 10.8. The summed E-state index contributed by atoms with van der Waals surface area (Å²) in [6.07, 6.45) is 30.5. The van der Waals surface area contributed by atoms with Gasteiger partial charge in [-0.25, -0.2) is 0 Å². The Morgan fingerprint density at radius 3 is 0.724 bits per heavy atom. The predicted molar refractivity (Wildman–Crippen MR) is 130 cm³/mol. The second-order valence-corrected chi connectivity index (χ2v) is 8.61. The Bertz CT molecular complexity index is 225. The summed E-state index contributed by atoms with van der Waals surface area (Å²) in [5, 5.41) is 16.3. The van der Waals surface area contributed by atoms with Gasteiger partial charge >= 0.3 is 0 Å². The summed E-state index contributed by atoms with van der Waals surface area (Å²) in [5.74, 6) is 0. The summed E-state index contributed by atoms with van der Waals surface area (Å²) in [6.45, 7) is 3.17. The maximum Gasteiger partial charge on any atom is 0.0431 e. The van der Waals surface area contributed by atoms with Crippen molar-refractivity contribution in [2.24, 2.45) is 5.73 Å². The molecule has 0 amide bonds. The van der Waals surface area contributed by atoms with E-state index in [1.54, 1.807) is 6.92 Å². The first-order valence-electron chi connectivity index (χ1n) is 13.2. The first-order valence-corrected chi connectivity index (χ1v) is 13.2. The van der Waals surface area contributed by atoms with Crippen LogP contribution < -0.4 is 5.73 Å². The van der Waals surface area contributed by atoms with E-state index in [0.717, 1.165) is 13.0 Å². The lowest BCUT2D eigenvalue weighted by atomic mass is 10.0. The molecule has 0 bridgehead atoms. The zero-order valence-electron chi connectivity index (χ0n) is 20.1. The quantitative estimate of drug-likeness (QED) is 0.151. The monoisotopic (exact) mass is 415 g/mol. The summed E-state index contributed by atoms with van der Waals surface area (Å²) in [4.78, 5) is 0. The van der Waals surface area contributed by atoms with E-state index in [4.69, 9.17) is 15.9 Å². The molecule has 178 valence electrons. The summed E-state index contributed by atoms with van der Waals surface area (Å²) in [5.41, 5.74) is 5.51. The molecule has 0 saturated heterocycles. The first kappa shape index (κ1) is 31.1. The number of nitrogens with two attached hydrogens (primary N) is 1. The molecule has 0 rings (SSSR count). The van der Waals surface area contributed by atoms with Crippen LogP contribution in [0.2, 0.25) is 0 Å². The molecule has 3 nitrogen and oxygen atoms in total. The smallest absolute Gasteiger partial charge is 0.0431 e. The molecular formula is C26H57NO2. The van der Waals surface area contributed by atoms with Crippen molar-refractivity contribution in [3.05, 3.63) is 0 Å². The van der Waals surface area contributed by atoms with E-state index in [0.29, 0.717) is 6.61 Å². The Morgan fingerprint density at radius 1 is 0.379 bits per heavy atom. The van der Waals surface area contributed by atoms with Gasteiger partial charge in [-0.2, -0.15) is 0 Å². The molecule has 0 aliphatic carbocycles. The number of rotatable bonds is 23. The topological polar surface area (TPSA) is 66.5 Å². The van der Waals surface area contributed by atoms with Gasteiger partial charge in [0.2, 0.25) is 0 Å². The number of aliphatic hydroxyl groups excluding tert-OH is 2. The fourth-order valence-electron chi connectivity index (χ4n) is 3.79. The van der Waals surface area contributed by atoms with Crippen molar-refractivity contribution in [2.45, 2.75) is 148 Å². The Labute approximate surface area is 184 Å². The molecule has 0 heterocycles. The van der Waals surface area contributed by atoms with E-state index in [9.17, 15) is 0 Å². The molecule has 0 aliphatic heterocycles.